The highest BCUT2D eigenvalue weighted by Gasteiger charge is 2.74. The molecule has 6 rings (SSSR count). The lowest BCUT2D eigenvalue weighted by Gasteiger charge is -2.41. The number of nitrogens with one attached hydrogen (secondary N) is 1. The van der Waals surface area contributed by atoms with E-state index in [1.54, 1.807) is 17.1 Å². The van der Waals surface area contributed by atoms with Gasteiger partial charge >= 0.3 is 5.97 Å². The van der Waals surface area contributed by atoms with Crippen molar-refractivity contribution in [3.8, 4) is 0 Å². The molecule has 0 aromatic heterocycles. The molecular formula is C40H49N3O8. The fraction of sp³-hybridized carbons (Fsp3) is 0.500. The van der Waals surface area contributed by atoms with Gasteiger partial charge in [-0.1, -0.05) is 93.1 Å². The summed E-state index contributed by atoms with van der Waals surface area (Å²) in [7, 11) is 1.51. The number of aliphatic hydroxyl groups excluding tert-OH is 1. The Morgan fingerprint density at radius 3 is 2.41 bits per heavy atom. The van der Waals surface area contributed by atoms with Gasteiger partial charge in [0.15, 0.2) is 0 Å². The molecule has 3 amide bonds. The zero-order chi connectivity index (χ0) is 36.4. The quantitative estimate of drug-likeness (QED) is 0.313. The first-order chi connectivity index (χ1) is 24.6. The van der Waals surface area contributed by atoms with Crippen LogP contribution in [0.3, 0.4) is 0 Å². The maximum atomic E-state index is 15.3. The minimum Gasteiger partial charge on any atom is -0.455 e. The second kappa shape index (κ2) is 15.1. The van der Waals surface area contributed by atoms with Gasteiger partial charge in [-0.15, -0.1) is 0 Å². The summed E-state index contributed by atoms with van der Waals surface area (Å²) in [4.78, 5) is 61.2. The molecule has 0 unspecified atom stereocenters. The summed E-state index contributed by atoms with van der Waals surface area (Å²) in [5, 5.41) is 13.8. The third-order valence-electron chi connectivity index (χ3n) is 11.1. The number of aliphatic hydroxyl groups is 1. The van der Waals surface area contributed by atoms with Gasteiger partial charge in [-0.3, -0.25) is 19.2 Å². The van der Waals surface area contributed by atoms with Gasteiger partial charge in [0.2, 0.25) is 11.8 Å². The van der Waals surface area contributed by atoms with Crippen LogP contribution >= 0.6 is 0 Å². The molecule has 0 aliphatic carbocycles. The van der Waals surface area contributed by atoms with Crippen molar-refractivity contribution in [1.82, 2.24) is 10.2 Å². The normalized spacial score (nSPS) is 31.3. The molecule has 4 heterocycles. The van der Waals surface area contributed by atoms with Crippen molar-refractivity contribution in [3.05, 3.63) is 89.5 Å². The summed E-state index contributed by atoms with van der Waals surface area (Å²) in [5.74, 6) is -4.05. The third kappa shape index (κ3) is 6.51. The van der Waals surface area contributed by atoms with Gasteiger partial charge < -0.3 is 34.4 Å². The Bertz CT molecular complexity index is 1670. The molecule has 0 radical (unpaired) electrons. The number of benzene rings is 2. The fourth-order valence-corrected chi connectivity index (χ4v) is 8.40. The van der Waals surface area contributed by atoms with Crippen molar-refractivity contribution in [1.29, 1.82) is 0 Å². The minimum atomic E-state index is -1.47. The molecule has 2 fully saturated rings. The largest absolute Gasteiger partial charge is 0.455 e. The molecule has 2 saturated heterocycles. The van der Waals surface area contributed by atoms with Gasteiger partial charge in [-0.05, 0) is 42.9 Å². The van der Waals surface area contributed by atoms with Crippen LogP contribution in [-0.2, 0) is 33.4 Å². The molecule has 11 heteroatoms. The molecule has 272 valence electrons. The first kappa shape index (κ1) is 36.5. The van der Waals surface area contributed by atoms with E-state index in [9.17, 15) is 19.5 Å². The highest BCUT2D eigenvalue weighted by Crippen LogP contribution is 2.57. The van der Waals surface area contributed by atoms with Gasteiger partial charge in [-0.2, -0.15) is 0 Å². The summed E-state index contributed by atoms with van der Waals surface area (Å²) in [6.45, 7) is 7.65. The second-order valence-electron chi connectivity index (χ2n) is 14.2. The summed E-state index contributed by atoms with van der Waals surface area (Å²) in [5.41, 5.74) is 1.63. The third-order valence-corrected chi connectivity index (χ3v) is 11.1. The van der Waals surface area contributed by atoms with Crippen LogP contribution in [0.15, 0.2) is 72.8 Å². The number of hydrogen-bond donors (Lipinski definition) is 2. The number of anilines is 1. The fourth-order valence-electron chi connectivity index (χ4n) is 8.40. The van der Waals surface area contributed by atoms with E-state index in [1.807, 2.05) is 88.4 Å². The van der Waals surface area contributed by atoms with E-state index in [1.165, 1.54) is 12.0 Å². The van der Waals surface area contributed by atoms with Crippen molar-refractivity contribution in [2.45, 2.75) is 82.9 Å². The van der Waals surface area contributed by atoms with Gasteiger partial charge in [-0.25, -0.2) is 0 Å². The van der Waals surface area contributed by atoms with E-state index in [2.05, 4.69) is 5.32 Å². The number of esters is 1. The van der Waals surface area contributed by atoms with E-state index in [-0.39, 0.29) is 43.9 Å². The number of fused-ring (bicyclic) bond motifs is 2. The van der Waals surface area contributed by atoms with Crippen LogP contribution in [0, 0.1) is 31.6 Å². The van der Waals surface area contributed by atoms with Gasteiger partial charge in [0.05, 0.1) is 37.3 Å². The molecule has 4 aliphatic rings. The Hall–Kier alpha value is -4.32. The summed E-state index contributed by atoms with van der Waals surface area (Å²) >= 11 is 0. The molecule has 9 atom stereocenters. The molecule has 2 aromatic rings. The Kier molecular flexibility index (Phi) is 10.8. The summed E-state index contributed by atoms with van der Waals surface area (Å²) in [6.07, 6.45) is 6.69. The maximum absolute atomic E-state index is 15.3. The van der Waals surface area contributed by atoms with E-state index >= 15 is 4.79 Å². The standard InChI is InChI=1S/C40H49N3O8/c1-6-24(2)29(22-44)43-36-38(47)42(34-25(3)14-13-15-26(34)4)21-12-8-11-18-31(45)41-28(23-49-5)35(27-16-9-7-10-17-27)50-39(48)32-30-19-20-40(36,51-30)33(32)37(43)46/h7-10,12-17,19-20,24,28-30,32-33,35-36,44H,6,11,18,21-23H2,1-5H3,(H,41,45)/b12-8-/t24-,28+,29-,30-,32+,33+,35+,36-,40+/m0/s1. The van der Waals surface area contributed by atoms with Crippen molar-refractivity contribution in [2.75, 3.05) is 31.8 Å². The zero-order valence-electron chi connectivity index (χ0n) is 30.0. The van der Waals surface area contributed by atoms with E-state index in [0.29, 0.717) is 24.1 Å². The predicted octanol–water partition coefficient (Wildman–Crippen LogP) is 3.96. The SMILES string of the molecule is CC[C@H](C)[C@H](CO)N1C(=O)[C@H]2[C@@H]3C(=O)O[C@H](c4ccccc4)[C@@H](COC)NC(=O)CC/C=C\CN(c4c(C)cccc4C)C(=O)[C@H]1[C@@]21C=C[C@@H]3O1. The number of rotatable bonds is 8. The zero-order valence-corrected chi connectivity index (χ0v) is 30.0. The summed E-state index contributed by atoms with van der Waals surface area (Å²) in [6, 6.07) is 12.3. The van der Waals surface area contributed by atoms with Crippen LogP contribution in [0.2, 0.25) is 0 Å². The van der Waals surface area contributed by atoms with Crippen molar-refractivity contribution < 1.29 is 38.5 Å². The molecule has 0 saturated carbocycles. The number of allylic oxidation sites excluding steroid dienone is 1. The highest BCUT2D eigenvalue weighted by molar-refractivity contribution is 6.06. The van der Waals surface area contributed by atoms with E-state index < -0.39 is 59.6 Å². The number of carbonyl (C=O) groups excluding carboxylic acids is 4. The summed E-state index contributed by atoms with van der Waals surface area (Å²) < 4.78 is 18.5. The molecule has 4 aliphatic heterocycles. The average molecular weight is 700 g/mol. The highest BCUT2D eigenvalue weighted by atomic mass is 16.6. The number of likely N-dealkylation sites (tertiary alicyclic amines) is 1. The van der Waals surface area contributed by atoms with Crippen LogP contribution in [0.1, 0.15) is 55.9 Å². The van der Waals surface area contributed by atoms with Gasteiger partial charge in [0, 0.05) is 25.8 Å². The lowest BCUT2D eigenvalue weighted by Crippen LogP contribution is -2.60. The molecule has 2 aromatic carbocycles. The number of para-hydroxylation sites is 1. The number of hydrogen-bond acceptors (Lipinski definition) is 8. The topological polar surface area (TPSA) is 135 Å². The van der Waals surface area contributed by atoms with Crippen LogP contribution < -0.4 is 10.2 Å². The molecular weight excluding hydrogens is 650 g/mol. The van der Waals surface area contributed by atoms with Crippen molar-refractivity contribution >= 4 is 29.4 Å². The Labute approximate surface area is 299 Å². The van der Waals surface area contributed by atoms with Crippen LogP contribution in [0.4, 0.5) is 5.69 Å². The molecule has 5 bridgehead atoms. The number of carbonyl (C=O) groups is 4. The number of nitrogens with zero attached hydrogens (tertiary/aromatic N) is 2. The minimum absolute atomic E-state index is 0.0629. The lowest BCUT2D eigenvalue weighted by atomic mass is 9.74. The molecule has 2 N–H and O–H groups in total. The number of methoxy groups -OCH3 is 1. The first-order valence-electron chi connectivity index (χ1n) is 17.9. The van der Waals surface area contributed by atoms with Crippen molar-refractivity contribution in [3.63, 3.8) is 0 Å². The van der Waals surface area contributed by atoms with Gasteiger partial charge in [0.25, 0.3) is 5.91 Å². The first-order valence-corrected chi connectivity index (χ1v) is 17.9. The molecule has 1 spiro atoms. The maximum Gasteiger partial charge on any atom is 0.313 e. The Morgan fingerprint density at radius 1 is 1.02 bits per heavy atom. The van der Waals surface area contributed by atoms with Crippen molar-refractivity contribution in [2.24, 2.45) is 17.8 Å². The monoisotopic (exact) mass is 699 g/mol. The lowest BCUT2D eigenvalue weighted by molar-refractivity contribution is -0.162. The van der Waals surface area contributed by atoms with Crippen LogP contribution in [0.5, 0.6) is 0 Å². The number of aryl methyl sites for hydroxylation is 2. The smallest absolute Gasteiger partial charge is 0.313 e. The van der Waals surface area contributed by atoms with E-state index in [4.69, 9.17) is 14.2 Å². The van der Waals surface area contributed by atoms with Gasteiger partial charge in [0.1, 0.15) is 23.7 Å². The Balaban J connectivity index is 1.51. The average Bonchev–Trinajstić information content (AvgIpc) is 3.77. The number of cyclic esters (lactones) is 1. The predicted molar refractivity (Wildman–Crippen MR) is 190 cm³/mol. The Morgan fingerprint density at radius 2 is 1.75 bits per heavy atom. The second-order valence-corrected chi connectivity index (χ2v) is 14.2. The number of ether oxygens (including phenoxy) is 3. The number of amides is 3. The molecule has 11 nitrogen and oxygen atoms in total. The molecule has 51 heavy (non-hydrogen) atoms. The van der Waals surface area contributed by atoms with Crippen LogP contribution in [0.25, 0.3) is 0 Å². The van der Waals surface area contributed by atoms with Crippen LogP contribution in [-0.4, -0.2) is 90.4 Å². The van der Waals surface area contributed by atoms with E-state index in [0.717, 1.165) is 11.1 Å².